The number of piperidine rings is 1. The molecule has 1 aliphatic heterocycles. The van der Waals surface area contributed by atoms with E-state index in [1.807, 2.05) is 0 Å². The van der Waals surface area contributed by atoms with Crippen molar-refractivity contribution >= 4 is 32.4 Å². The number of anilines is 1. The number of amides is 1. The van der Waals surface area contributed by atoms with Crippen molar-refractivity contribution in [3.8, 4) is 0 Å². The smallest absolute Gasteiger partial charge is 0.257 e. The Labute approximate surface area is 168 Å². The van der Waals surface area contributed by atoms with E-state index in [2.05, 4.69) is 29.4 Å². The number of nitrogens with one attached hydrogen (secondary N) is 1. The van der Waals surface area contributed by atoms with E-state index < -0.39 is 26.6 Å². The van der Waals surface area contributed by atoms with Crippen molar-refractivity contribution in [1.82, 2.24) is 14.5 Å². The SMILES string of the molecule is CC(C)Cc1nnc(NC(=O)c2ccc(F)c(S(=O)(=O)N3CCCCC3)c2)s1. The molecule has 1 amide bonds. The highest BCUT2D eigenvalue weighted by molar-refractivity contribution is 7.89. The number of rotatable bonds is 6. The van der Waals surface area contributed by atoms with E-state index >= 15 is 0 Å². The van der Waals surface area contributed by atoms with Gasteiger partial charge in [-0.3, -0.25) is 10.1 Å². The first kappa shape index (κ1) is 20.8. The van der Waals surface area contributed by atoms with Gasteiger partial charge in [-0.1, -0.05) is 31.6 Å². The van der Waals surface area contributed by atoms with Gasteiger partial charge in [0.05, 0.1) is 0 Å². The van der Waals surface area contributed by atoms with E-state index in [0.29, 0.717) is 24.1 Å². The van der Waals surface area contributed by atoms with Crippen molar-refractivity contribution in [3.05, 3.63) is 34.6 Å². The molecule has 2 aromatic rings. The molecular formula is C18H23FN4O3S2. The van der Waals surface area contributed by atoms with Gasteiger partial charge in [-0.15, -0.1) is 10.2 Å². The van der Waals surface area contributed by atoms with Crippen LogP contribution in [0.5, 0.6) is 0 Å². The predicted octanol–water partition coefficient (Wildman–Crippen LogP) is 3.30. The second-order valence-corrected chi connectivity index (χ2v) is 10.1. The minimum absolute atomic E-state index is 0.0533. The lowest BCUT2D eigenvalue weighted by molar-refractivity contribution is 0.102. The maximum absolute atomic E-state index is 14.3. The van der Waals surface area contributed by atoms with Crippen molar-refractivity contribution in [1.29, 1.82) is 0 Å². The fourth-order valence-corrected chi connectivity index (χ4v) is 5.55. The molecule has 152 valence electrons. The molecule has 1 saturated heterocycles. The van der Waals surface area contributed by atoms with Crippen molar-refractivity contribution in [2.24, 2.45) is 5.92 Å². The Morgan fingerprint density at radius 2 is 1.96 bits per heavy atom. The van der Waals surface area contributed by atoms with Gasteiger partial charge >= 0.3 is 0 Å². The molecule has 0 bridgehead atoms. The molecule has 0 spiro atoms. The zero-order valence-corrected chi connectivity index (χ0v) is 17.4. The van der Waals surface area contributed by atoms with E-state index in [4.69, 9.17) is 0 Å². The summed E-state index contributed by atoms with van der Waals surface area (Å²) in [7, 11) is -3.98. The van der Waals surface area contributed by atoms with Crippen molar-refractivity contribution in [2.75, 3.05) is 18.4 Å². The van der Waals surface area contributed by atoms with E-state index in [1.54, 1.807) is 0 Å². The lowest BCUT2D eigenvalue weighted by Gasteiger charge is -2.26. The van der Waals surface area contributed by atoms with E-state index in [-0.39, 0.29) is 5.56 Å². The molecule has 0 unspecified atom stereocenters. The third kappa shape index (κ3) is 4.73. The Morgan fingerprint density at radius 3 is 2.64 bits per heavy atom. The number of hydrogen-bond donors (Lipinski definition) is 1. The molecule has 1 fully saturated rings. The summed E-state index contributed by atoms with van der Waals surface area (Å²) in [6, 6.07) is 3.36. The monoisotopic (exact) mass is 426 g/mol. The van der Waals surface area contributed by atoms with E-state index in [9.17, 15) is 17.6 Å². The molecule has 1 aromatic heterocycles. The standard InChI is InChI=1S/C18H23FN4O3S2/c1-12(2)10-16-21-22-18(27-16)20-17(24)13-6-7-14(19)15(11-13)28(25,26)23-8-4-3-5-9-23/h6-7,11-12H,3-5,8-10H2,1-2H3,(H,20,22,24). The fourth-order valence-electron chi connectivity index (χ4n) is 2.99. The third-order valence-electron chi connectivity index (χ3n) is 4.40. The summed E-state index contributed by atoms with van der Waals surface area (Å²) in [5, 5.41) is 11.7. The number of nitrogens with zero attached hydrogens (tertiary/aromatic N) is 3. The summed E-state index contributed by atoms with van der Waals surface area (Å²) in [6.07, 6.45) is 3.20. The zero-order valence-electron chi connectivity index (χ0n) is 15.8. The maximum atomic E-state index is 14.3. The summed E-state index contributed by atoms with van der Waals surface area (Å²) < 4.78 is 41.1. The first-order chi connectivity index (χ1) is 13.3. The Hall–Kier alpha value is -1.91. The molecular weight excluding hydrogens is 403 g/mol. The molecule has 1 N–H and O–H groups in total. The minimum Gasteiger partial charge on any atom is -0.296 e. The number of sulfonamides is 1. The zero-order chi connectivity index (χ0) is 20.3. The van der Waals surface area contributed by atoms with Gasteiger partial charge in [-0.25, -0.2) is 12.8 Å². The van der Waals surface area contributed by atoms with Crippen LogP contribution in [0.15, 0.2) is 23.1 Å². The normalized spacial score (nSPS) is 15.7. The van der Waals surface area contributed by atoms with Crippen LogP contribution in [0.25, 0.3) is 0 Å². The molecule has 28 heavy (non-hydrogen) atoms. The number of carbonyl (C=O) groups is 1. The number of hydrogen-bond acceptors (Lipinski definition) is 6. The fraction of sp³-hybridized carbons (Fsp3) is 0.500. The van der Waals surface area contributed by atoms with Crippen LogP contribution in [0, 0.1) is 11.7 Å². The van der Waals surface area contributed by atoms with Crippen LogP contribution in [0.2, 0.25) is 0 Å². The van der Waals surface area contributed by atoms with Gasteiger partial charge in [0.25, 0.3) is 5.91 Å². The van der Waals surface area contributed by atoms with Gasteiger partial charge < -0.3 is 0 Å². The van der Waals surface area contributed by atoms with Gasteiger partial charge in [0.2, 0.25) is 15.2 Å². The van der Waals surface area contributed by atoms with E-state index in [0.717, 1.165) is 42.8 Å². The topological polar surface area (TPSA) is 92.3 Å². The number of halogens is 1. The molecule has 3 rings (SSSR count). The van der Waals surface area contributed by atoms with Crippen LogP contribution in [-0.2, 0) is 16.4 Å². The summed E-state index contributed by atoms with van der Waals surface area (Å²) in [4.78, 5) is 12.0. The molecule has 0 saturated carbocycles. The number of benzene rings is 1. The Balaban J connectivity index is 1.80. The van der Waals surface area contributed by atoms with Gasteiger partial charge in [-0.2, -0.15) is 4.31 Å². The molecule has 0 atom stereocenters. The second-order valence-electron chi connectivity index (χ2n) is 7.16. The quantitative estimate of drug-likeness (QED) is 0.765. The predicted molar refractivity (Wildman–Crippen MR) is 105 cm³/mol. The lowest BCUT2D eigenvalue weighted by Crippen LogP contribution is -2.36. The second kappa shape index (κ2) is 8.62. The molecule has 0 radical (unpaired) electrons. The van der Waals surface area contributed by atoms with Gasteiger partial charge in [0, 0.05) is 25.1 Å². The van der Waals surface area contributed by atoms with Crippen LogP contribution >= 0.6 is 11.3 Å². The summed E-state index contributed by atoms with van der Waals surface area (Å²) in [5.41, 5.74) is 0.0533. The number of carbonyl (C=O) groups excluding carboxylic acids is 1. The third-order valence-corrected chi connectivity index (χ3v) is 7.17. The highest BCUT2D eigenvalue weighted by Crippen LogP contribution is 2.25. The Bertz CT molecular complexity index is 953. The number of aromatic nitrogens is 2. The van der Waals surface area contributed by atoms with Crippen LogP contribution in [0.3, 0.4) is 0 Å². The summed E-state index contributed by atoms with van der Waals surface area (Å²) in [6.45, 7) is 4.84. The molecule has 10 heteroatoms. The molecule has 7 nitrogen and oxygen atoms in total. The minimum atomic E-state index is -3.98. The first-order valence-corrected chi connectivity index (χ1v) is 11.5. The van der Waals surface area contributed by atoms with Crippen LogP contribution in [0.4, 0.5) is 9.52 Å². The lowest BCUT2D eigenvalue weighted by atomic mass is 10.1. The van der Waals surface area contributed by atoms with Crippen LogP contribution < -0.4 is 5.32 Å². The van der Waals surface area contributed by atoms with Crippen molar-refractivity contribution < 1.29 is 17.6 Å². The summed E-state index contributed by atoms with van der Waals surface area (Å²) in [5.74, 6) is -1.00. The molecule has 1 aromatic carbocycles. The molecule has 0 aliphatic carbocycles. The molecule has 1 aliphatic rings. The average Bonchev–Trinajstić information content (AvgIpc) is 3.08. The first-order valence-electron chi connectivity index (χ1n) is 9.21. The van der Waals surface area contributed by atoms with Crippen molar-refractivity contribution in [2.45, 2.75) is 44.4 Å². The maximum Gasteiger partial charge on any atom is 0.257 e. The highest BCUT2D eigenvalue weighted by atomic mass is 32.2. The van der Waals surface area contributed by atoms with Crippen LogP contribution in [0.1, 0.15) is 48.5 Å². The average molecular weight is 427 g/mol. The van der Waals surface area contributed by atoms with Gasteiger partial charge in [0.15, 0.2) is 0 Å². The largest absolute Gasteiger partial charge is 0.296 e. The summed E-state index contributed by atoms with van der Waals surface area (Å²) >= 11 is 1.27. The van der Waals surface area contributed by atoms with Gasteiger partial charge in [-0.05, 0) is 37.0 Å². The molecule has 2 heterocycles. The van der Waals surface area contributed by atoms with Crippen LogP contribution in [-0.4, -0.2) is 41.9 Å². The van der Waals surface area contributed by atoms with Gasteiger partial charge in [0.1, 0.15) is 15.7 Å². The van der Waals surface area contributed by atoms with Crippen molar-refractivity contribution in [3.63, 3.8) is 0 Å². The Morgan fingerprint density at radius 1 is 1.25 bits per heavy atom. The highest BCUT2D eigenvalue weighted by Gasteiger charge is 2.29. The Kier molecular flexibility index (Phi) is 6.41. The van der Waals surface area contributed by atoms with E-state index in [1.165, 1.54) is 21.7 Å².